The van der Waals surface area contributed by atoms with E-state index in [4.69, 9.17) is 4.42 Å². The Morgan fingerprint density at radius 2 is 2.27 bits per heavy atom. The van der Waals surface area contributed by atoms with Crippen LogP contribution >= 0.6 is 0 Å². The molecule has 0 aliphatic rings. The summed E-state index contributed by atoms with van der Waals surface area (Å²) < 4.78 is 7.13. The average Bonchev–Trinajstić information content (AvgIpc) is 2.84. The Balaban J connectivity index is 2.31. The molecule has 0 aromatic carbocycles. The third kappa shape index (κ3) is 1.80. The summed E-state index contributed by atoms with van der Waals surface area (Å²) >= 11 is 0. The summed E-state index contributed by atoms with van der Waals surface area (Å²) in [7, 11) is 0. The minimum absolute atomic E-state index is 0.558. The van der Waals surface area contributed by atoms with Crippen molar-refractivity contribution in [3.63, 3.8) is 0 Å². The van der Waals surface area contributed by atoms with Crippen LogP contribution in [-0.4, -0.2) is 14.9 Å². The molecule has 2 rings (SSSR count). The van der Waals surface area contributed by atoms with Crippen molar-refractivity contribution in [1.29, 1.82) is 0 Å². The summed E-state index contributed by atoms with van der Waals surface area (Å²) in [4.78, 5) is 0. The number of aromatic nitrogens is 2. The normalized spacial score (nSPS) is 13.0. The van der Waals surface area contributed by atoms with E-state index < -0.39 is 6.10 Å². The molecule has 0 amide bonds. The highest BCUT2D eigenvalue weighted by atomic mass is 16.4. The summed E-state index contributed by atoms with van der Waals surface area (Å²) in [5.41, 5.74) is 0.756. The zero-order valence-corrected chi connectivity index (χ0v) is 8.84. The van der Waals surface area contributed by atoms with E-state index in [0.29, 0.717) is 5.76 Å². The number of aryl methyl sites for hydroxylation is 2. The molecule has 4 heteroatoms. The smallest absolute Gasteiger partial charge is 0.153 e. The number of aliphatic hydroxyl groups is 1. The van der Waals surface area contributed by atoms with Crippen LogP contribution < -0.4 is 0 Å². The van der Waals surface area contributed by atoms with Crippen LogP contribution in [0.1, 0.15) is 30.2 Å². The van der Waals surface area contributed by atoms with Crippen molar-refractivity contribution in [1.82, 2.24) is 9.78 Å². The van der Waals surface area contributed by atoms with Crippen molar-refractivity contribution in [2.24, 2.45) is 0 Å². The zero-order valence-electron chi connectivity index (χ0n) is 8.84. The molecule has 0 aliphatic heterocycles. The van der Waals surface area contributed by atoms with E-state index in [1.165, 1.54) is 0 Å². The Bertz CT molecular complexity index is 445. The van der Waals surface area contributed by atoms with Gasteiger partial charge in [0.25, 0.3) is 0 Å². The van der Waals surface area contributed by atoms with Crippen molar-refractivity contribution < 1.29 is 9.52 Å². The van der Waals surface area contributed by atoms with Gasteiger partial charge < -0.3 is 9.52 Å². The molecule has 0 radical (unpaired) electrons. The molecule has 0 saturated carbocycles. The third-order valence-corrected chi connectivity index (χ3v) is 2.36. The first-order chi connectivity index (χ1) is 7.22. The molecule has 0 bridgehead atoms. The highest BCUT2D eigenvalue weighted by molar-refractivity contribution is 5.18. The summed E-state index contributed by atoms with van der Waals surface area (Å²) in [6, 6.07) is 5.42. The summed E-state index contributed by atoms with van der Waals surface area (Å²) in [6.07, 6.45) is 0.943. The summed E-state index contributed by atoms with van der Waals surface area (Å²) in [5, 5.41) is 14.2. The van der Waals surface area contributed by atoms with Crippen LogP contribution in [0, 0.1) is 6.92 Å². The molecule has 0 spiro atoms. The van der Waals surface area contributed by atoms with Crippen molar-refractivity contribution in [3.8, 4) is 0 Å². The maximum Gasteiger partial charge on any atom is 0.153 e. The molecule has 2 heterocycles. The summed E-state index contributed by atoms with van der Waals surface area (Å²) in [5.74, 6) is 1.36. The predicted octanol–water partition coefficient (Wildman–Crippen LogP) is 1.89. The lowest BCUT2D eigenvalue weighted by molar-refractivity contribution is 0.177. The van der Waals surface area contributed by atoms with Crippen LogP contribution in [0.5, 0.6) is 0 Å². The van der Waals surface area contributed by atoms with Gasteiger partial charge in [-0.05, 0) is 32.0 Å². The van der Waals surface area contributed by atoms with Crippen LogP contribution in [0.15, 0.2) is 28.8 Å². The lowest BCUT2D eigenvalue weighted by atomic mass is 10.2. The second kappa shape index (κ2) is 3.90. The van der Waals surface area contributed by atoms with Crippen LogP contribution in [0.4, 0.5) is 0 Å². The van der Waals surface area contributed by atoms with E-state index in [2.05, 4.69) is 5.10 Å². The van der Waals surface area contributed by atoms with Gasteiger partial charge in [-0.15, -0.1) is 0 Å². The van der Waals surface area contributed by atoms with Crippen LogP contribution in [0.25, 0.3) is 0 Å². The topological polar surface area (TPSA) is 51.2 Å². The van der Waals surface area contributed by atoms with Gasteiger partial charge in [0.2, 0.25) is 0 Å². The van der Waals surface area contributed by atoms with Crippen LogP contribution in [0.2, 0.25) is 0 Å². The van der Waals surface area contributed by atoms with Gasteiger partial charge in [0.05, 0.1) is 5.69 Å². The second-order valence-electron chi connectivity index (χ2n) is 3.42. The monoisotopic (exact) mass is 206 g/mol. The number of furan rings is 1. The minimum atomic E-state index is -0.735. The maximum atomic E-state index is 10.1. The SMILES string of the molecule is CCn1nccc1C(O)c1ccc(C)o1. The van der Waals surface area contributed by atoms with E-state index in [9.17, 15) is 5.11 Å². The quantitative estimate of drug-likeness (QED) is 0.834. The third-order valence-electron chi connectivity index (χ3n) is 2.36. The van der Waals surface area contributed by atoms with Gasteiger partial charge in [-0.1, -0.05) is 0 Å². The molecule has 4 nitrogen and oxygen atoms in total. The molecular formula is C11H14N2O2. The fourth-order valence-electron chi connectivity index (χ4n) is 1.59. The Hall–Kier alpha value is -1.55. The predicted molar refractivity (Wildman–Crippen MR) is 55.4 cm³/mol. The van der Waals surface area contributed by atoms with Gasteiger partial charge in [-0.2, -0.15) is 5.10 Å². The van der Waals surface area contributed by atoms with Gasteiger partial charge in [-0.3, -0.25) is 4.68 Å². The number of nitrogens with zero attached hydrogens (tertiary/aromatic N) is 2. The standard InChI is InChI=1S/C11H14N2O2/c1-3-13-9(6-7-12-13)11(14)10-5-4-8(2)15-10/h4-7,11,14H,3H2,1-2H3. The Morgan fingerprint density at radius 1 is 1.47 bits per heavy atom. The number of hydrogen-bond acceptors (Lipinski definition) is 3. The average molecular weight is 206 g/mol. The molecule has 1 atom stereocenters. The number of rotatable bonds is 3. The molecule has 0 aliphatic carbocycles. The number of aliphatic hydroxyl groups excluding tert-OH is 1. The second-order valence-corrected chi connectivity index (χ2v) is 3.42. The first kappa shape index (κ1) is 9.98. The van der Waals surface area contributed by atoms with Crippen LogP contribution in [0.3, 0.4) is 0 Å². The molecule has 15 heavy (non-hydrogen) atoms. The highest BCUT2D eigenvalue weighted by Gasteiger charge is 2.17. The Labute approximate surface area is 88.1 Å². The highest BCUT2D eigenvalue weighted by Crippen LogP contribution is 2.23. The molecule has 0 saturated heterocycles. The fourth-order valence-corrected chi connectivity index (χ4v) is 1.59. The molecule has 1 unspecified atom stereocenters. The Morgan fingerprint density at radius 3 is 2.87 bits per heavy atom. The first-order valence-corrected chi connectivity index (χ1v) is 4.98. The van der Waals surface area contributed by atoms with Crippen molar-refractivity contribution in [3.05, 3.63) is 41.6 Å². The maximum absolute atomic E-state index is 10.1. The van der Waals surface area contributed by atoms with Gasteiger partial charge in [0, 0.05) is 12.7 Å². The van der Waals surface area contributed by atoms with E-state index in [1.807, 2.05) is 19.9 Å². The van der Waals surface area contributed by atoms with Crippen molar-refractivity contribution in [2.45, 2.75) is 26.5 Å². The molecular weight excluding hydrogens is 192 g/mol. The lowest BCUT2D eigenvalue weighted by Gasteiger charge is -2.09. The minimum Gasteiger partial charge on any atom is -0.463 e. The molecule has 80 valence electrons. The van der Waals surface area contributed by atoms with Crippen molar-refractivity contribution >= 4 is 0 Å². The van der Waals surface area contributed by atoms with E-state index >= 15 is 0 Å². The van der Waals surface area contributed by atoms with Gasteiger partial charge in [0.1, 0.15) is 11.5 Å². The van der Waals surface area contributed by atoms with Gasteiger partial charge >= 0.3 is 0 Å². The van der Waals surface area contributed by atoms with E-state index in [0.717, 1.165) is 18.0 Å². The van der Waals surface area contributed by atoms with E-state index in [1.54, 1.807) is 23.0 Å². The van der Waals surface area contributed by atoms with Crippen LogP contribution in [-0.2, 0) is 6.54 Å². The fraction of sp³-hybridized carbons (Fsp3) is 0.364. The molecule has 0 fully saturated rings. The molecule has 2 aromatic rings. The number of hydrogen-bond donors (Lipinski definition) is 1. The van der Waals surface area contributed by atoms with E-state index in [-0.39, 0.29) is 0 Å². The largest absolute Gasteiger partial charge is 0.463 e. The first-order valence-electron chi connectivity index (χ1n) is 4.98. The molecule has 1 N–H and O–H groups in total. The Kier molecular flexibility index (Phi) is 2.60. The van der Waals surface area contributed by atoms with Gasteiger partial charge in [-0.25, -0.2) is 0 Å². The van der Waals surface area contributed by atoms with Crippen molar-refractivity contribution in [2.75, 3.05) is 0 Å². The van der Waals surface area contributed by atoms with Gasteiger partial charge in [0.15, 0.2) is 6.10 Å². The lowest BCUT2D eigenvalue weighted by Crippen LogP contribution is -2.08. The zero-order chi connectivity index (χ0) is 10.8. The summed E-state index contributed by atoms with van der Waals surface area (Å²) in [6.45, 7) is 4.57. The molecule has 2 aromatic heterocycles.